The predicted octanol–water partition coefficient (Wildman–Crippen LogP) is 2.56. The van der Waals surface area contributed by atoms with Crippen LogP contribution in [0, 0.1) is 0 Å². The number of hydrogen-bond acceptors (Lipinski definition) is 5. The Hall–Kier alpha value is -1.08. The highest BCUT2D eigenvalue weighted by Gasteiger charge is 2.15. The van der Waals surface area contributed by atoms with E-state index in [1.807, 2.05) is 13.0 Å². The molecule has 0 spiro atoms. The molecule has 1 atom stereocenters. The molecule has 0 fully saturated rings. The van der Waals surface area contributed by atoms with E-state index < -0.39 is 0 Å². The molecule has 1 amide bonds. The molecular formula is C11H13Cl2N3O2S. The molecule has 0 unspecified atom stereocenters. The van der Waals surface area contributed by atoms with E-state index in [1.165, 1.54) is 11.3 Å². The normalized spacial score (nSPS) is 11.7. The number of hydrogen-bond donors (Lipinski definition) is 2. The number of nitrogens with zero attached hydrogens (tertiary/aromatic N) is 1. The molecule has 0 aromatic carbocycles. The number of rotatable bonds is 4. The van der Waals surface area contributed by atoms with E-state index in [0.29, 0.717) is 16.6 Å². The van der Waals surface area contributed by atoms with Gasteiger partial charge in [0, 0.05) is 18.7 Å². The highest BCUT2D eigenvalue weighted by Crippen LogP contribution is 2.31. The largest absolute Gasteiger partial charge is 0.355 e. The zero-order valence-corrected chi connectivity index (χ0v) is 12.4. The summed E-state index contributed by atoms with van der Waals surface area (Å²) < 4.78 is 5.77. The second-order valence-corrected chi connectivity index (χ2v) is 5.51. The van der Waals surface area contributed by atoms with Crippen molar-refractivity contribution in [3.63, 3.8) is 0 Å². The lowest BCUT2D eigenvalue weighted by Gasteiger charge is -2.08. The number of aromatic nitrogens is 1. The minimum Gasteiger partial charge on any atom is -0.355 e. The molecule has 19 heavy (non-hydrogen) atoms. The zero-order chi connectivity index (χ0) is 13.1. The Morgan fingerprint density at radius 2 is 2.37 bits per heavy atom. The van der Waals surface area contributed by atoms with Crippen molar-refractivity contribution < 1.29 is 9.32 Å². The van der Waals surface area contributed by atoms with Crippen molar-refractivity contribution in [2.24, 2.45) is 5.73 Å². The number of thiophene rings is 1. The molecule has 0 radical (unpaired) electrons. The SMILES string of the molecule is C[C@@H](CN)NC(=O)c1cc(-c2ccc(Cl)s2)on1.Cl. The summed E-state index contributed by atoms with van der Waals surface area (Å²) in [6.45, 7) is 2.19. The maximum atomic E-state index is 11.8. The van der Waals surface area contributed by atoms with E-state index in [9.17, 15) is 4.79 Å². The number of halogens is 2. The van der Waals surface area contributed by atoms with E-state index in [4.69, 9.17) is 21.9 Å². The van der Waals surface area contributed by atoms with Gasteiger partial charge in [-0.2, -0.15) is 0 Å². The molecule has 8 heteroatoms. The van der Waals surface area contributed by atoms with Crippen molar-refractivity contribution in [1.82, 2.24) is 10.5 Å². The summed E-state index contributed by atoms with van der Waals surface area (Å²) in [4.78, 5) is 12.6. The fraction of sp³-hybridized carbons (Fsp3) is 0.273. The van der Waals surface area contributed by atoms with Crippen molar-refractivity contribution in [3.8, 4) is 10.6 Å². The summed E-state index contributed by atoms with van der Waals surface area (Å²) in [5.74, 6) is 0.225. The Morgan fingerprint density at radius 1 is 1.63 bits per heavy atom. The lowest BCUT2D eigenvalue weighted by atomic mass is 10.3. The maximum absolute atomic E-state index is 11.8. The third-order valence-electron chi connectivity index (χ3n) is 2.29. The summed E-state index contributed by atoms with van der Waals surface area (Å²) in [7, 11) is 0. The number of nitrogens with one attached hydrogen (secondary N) is 1. The minimum absolute atomic E-state index is 0. The third-order valence-corrected chi connectivity index (χ3v) is 3.54. The highest BCUT2D eigenvalue weighted by atomic mass is 35.5. The highest BCUT2D eigenvalue weighted by molar-refractivity contribution is 7.19. The average molecular weight is 322 g/mol. The van der Waals surface area contributed by atoms with Gasteiger partial charge in [-0.3, -0.25) is 4.79 Å². The van der Waals surface area contributed by atoms with Crippen molar-refractivity contribution in [1.29, 1.82) is 0 Å². The molecule has 0 saturated heterocycles. The van der Waals surface area contributed by atoms with Crippen LogP contribution in [-0.4, -0.2) is 23.7 Å². The van der Waals surface area contributed by atoms with Crippen molar-refractivity contribution in [3.05, 3.63) is 28.2 Å². The van der Waals surface area contributed by atoms with Crippen LogP contribution >= 0.6 is 35.3 Å². The molecule has 0 bridgehead atoms. The minimum atomic E-state index is -0.300. The number of carbonyl (C=O) groups excluding carboxylic acids is 1. The quantitative estimate of drug-likeness (QED) is 0.906. The Labute approximate surface area is 125 Å². The van der Waals surface area contributed by atoms with E-state index in [1.54, 1.807) is 12.1 Å². The molecule has 5 nitrogen and oxygen atoms in total. The Balaban J connectivity index is 0.00000180. The first kappa shape index (κ1) is 16.0. The second-order valence-electron chi connectivity index (χ2n) is 3.79. The van der Waals surface area contributed by atoms with Gasteiger partial charge in [-0.15, -0.1) is 23.7 Å². The van der Waals surface area contributed by atoms with Gasteiger partial charge in [-0.25, -0.2) is 0 Å². The van der Waals surface area contributed by atoms with Gasteiger partial charge in [0.1, 0.15) is 0 Å². The van der Waals surface area contributed by atoms with Crippen molar-refractivity contribution in [2.45, 2.75) is 13.0 Å². The zero-order valence-electron chi connectivity index (χ0n) is 10.1. The van der Waals surface area contributed by atoms with Crippen molar-refractivity contribution >= 4 is 41.3 Å². The van der Waals surface area contributed by atoms with Crippen LogP contribution < -0.4 is 11.1 Å². The average Bonchev–Trinajstić information content (AvgIpc) is 2.96. The smallest absolute Gasteiger partial charge is 0.273 e. The van der Waals surface area contributed by atoms with Gasteiger partial charge in [-0.05, 0) is 19.1 Å². The van der Waals surface area contributed by atoms with Gasteiger partial charge in [0.15, 0.2) is 11.5 Å². The molecular weight excluding hydrogens is 309 g/mol. The standard InChI is InChI=1S/C11H12ClN3O2S.ClH/c1-6(5-13)14-11(16)7-4-8(17-15-7)9-2-3-10(12)18-9;/h2-4,6H,5,13H2,1H3,(H,14,16);1H/t6-;/m0./s1. The summed E-state index contributed by atoms with van der Waals surface area (Å²) >= 11 is 7.19. The van der Waals surface area contributed by atoms with Crippen LogP contribution in [0.5, 0.6) is 0 Å². The molecule has 0 aliphatic rings. The fourth-order valence-electron chi connectivity index (χ4n) is 1.30. The van der Waals surface area contributed by atoms with Gasteiger partial charge < -0.3 is 15.6 Å². The molecule has 2 aromatic rings. The van der Waals surface area contributed by atoms with Gasteiger partial charge in [0.25, 0.3) is 5.91 Å². The summed E-state index contributed by atoms with van der Waals surface area (Å²) in [5.41, 5.74) is 5.66. The van der Waals surface area contributed by atoms with E-state index in [0.717, 1.165) is 4.88 Å². The number of amides is 1. The van der Waals surface area contributed by atoms with Crippen LogP contribution in [-0.2, 0) is 0 Å². The number of carbonyl (C=O) groups is 1. The lowest BCUT2D eigenvalue weighted by Crippen LogP contribution is -2.37. The first-order valence-electron chi connectivity index (χ1n) is 5.33. The topological polar surface area (TPSA) is 81.1 Å². The van der Waals surface area contributed by atoms with Crippen LogP contribution in [0.15, 0.2) is 22.7 Å². The summed E-state index contributed by atoms with van der Waals surface area (Å²) in [5, 5.41) is 6.43. The Morgan fingerprint density at radius 3 is 2.95 bits per heavy atom. The van der Waals surface area contributed by atoms with Gasteiger partial charge in [0.2, 0.25) is 0 Å². The summed E-state index contributed by atoms with van der Waals surface area (Å²) in [6, 6.07) is 5.06. The molecule has 2 heterocycles. The lowest BCUT2D eigenvalue weighted by molar-refractivity contribution is 0.0932. The molecule has 3 N–H and O–H groups in total. The molecule has 0 saturated carbocycles. The second kappa shape index (κ2) is 6.91. The Kier molecular flexibility index (Phi) is 5.81. The third kappa shape index (κ3) is 3.94. The summed E-state index contributed by atoms with van der Waals surface area (Å²) in [6.07, 6.45) is 0. The van der Waals surface area contributed by atoms with Crippen LogP contribution in [0.25, 0.3) is 10.6 Å². The monoisotopic (exact) mass is 321 g/mol. The van der Waals surface area contributed by atoms with Crippen LogP contribution in [0.2, 0.25) is 4.34 Å². The van der Waals surface area contributed by atoms with E-state index in [2.05, 4.69) is 10.5 Å². The first-order chi connectivity index (χ1) is 8.60. The van der Waals surface area contributed by atoms with Gasteiger partial charge in [0.05, 0.1) is 9.21 Å². The Bertz CT molecular complexity index is 556. The number of nitrogens with two attached hydrogens (primary N) is 1. The molecule has 104 valence electrons. The molecule has 2 rings (SSSR count). The van der Waals surface area contributed by atoms with E-state index in [-0.39, 0.29) is 30.0 Å². The van der Waals surface area contributed by atoms with Gasteiger partial charge >= 0.3 is 0 Å². The van der Waals surface area contributed by atoms with Crippen molar-refractivity contribution in [2.75, 3.05) is 6.54 Å². The van der Waals surface area contributed by atoms with Crippen LogP contribution in [0.4, 0.5) is 0 Å². The van der Waals surface area contributed by atoms with E-state index >= 15 is 0 Å². The predicted molar refractivity (Wildman–Crippen MR) is 78.1 cm³/mol. The maximum Gasteiger partial charge on any atom is 0.273 e. The fourth-order valence-corrected chi connectivity index (χ4v) is 2.29. The van der Waals surface area contributed by atoms with Gasteiger partial charge in [-0.1, -0.05) is 16.8 Å². The molecule has 0 aliphatic carbocycles. The first-order valence-corrected chi connectivity index (χ1v) is 6.53. The van der Waals surface area contributed by atoms with Crippen LogP contribution in [0.1, 0.15) is 17.4 Å². The van der Waals surface area contributed by atoms with Crippen LogP contribution in [0.3, 0.4) is 0 Å². The molecule has 0 aliphatic heterocycles. The molecule has 2 aromatic heterocycles.